The maximum Gasteiger partial charge on any atom is 0.257 e. The molecular formula is C26H28ClN3O3. The van der Waals surface area contributed by atoms with E-state index >= 15 is 0 Å². The molecule has 0 aliphatic carbocycles. The lowest BCUT2D eigenvalue weighted by Crippen LogP contribution is -2.48. The lowest BCUT2D eigenvalue weighted by atomic mass is 10.0. The van der Waals surface area contributed by atoms with Gasteiger partial charge in [-0.15, -0.1) is 0 Å². The van der Waals surface area contributed by atoms with Gasteiger partial charge in [-0.1, -0.05) is 29.8 Å². The third-order valence-electron chi connectivity index (χ3n) is 5.96. The first kappa shape index (κ1) is 23.1. The second-order valence-electron chi connectivity index (χ2n) is 8.05. The lowest BCUT2D eigenvalue weighted by Gasteiger charge is -2.35. The molecule has 0 atom stereocenters. The maximum absolute atomic E-state index is 13.1. The number of pyridine rings is 1. The summed E-state index contributed by atoms with van der Waals surface area (Å²) in [6.07, 6.45) is 2.61. The van der Waals surface area contributed by atoms with Crippen molar-refractivity contribution in [2.24, 2.45) is 0 Å². The van der Waals surface area contributed by atoms with Crippen molar-refractivity contribution < 1.29 is 14.3 Å². The molecule has 0 N–H and O–H groups in total. The minimum absolute atomic E-state index is 0.0149. The van der Waals surface area contributed by atoms with E-state index in [2.05, 4.69) is 16.0 Å². The second-order valence-corrected chi connectivity index (χ2v) is 8.48. The van der Waals surface area contributed by atoms with E-state index < -0.39 is 0 Å². The van der Waals surface area contributed by atoms with E-state index in [0.29, 0.717) is 30.2 Å². The molecule has 0 radical (unpaired) electrons. The van der Waals surface area contributed by atoms with E-state index in [4.69, 9.17) is 21.1 Å². The number of hydrogen-bond acceptors (Lipinski definition) is 5. The highest BCUT2D eigenvalue weighted by Crippen LogP contribution is 2.26. The van der Waals surface area contributed by atoms with Gasteiger partial charge >= 0.3 is 0 Å². The van der Waals surface area contributed by atoms with Crippen LogP contribution in [0.2, 0.25) is 5.02 Å². The van der Waals surface area contributed by atoms with Crippen molar-refractivity contribution in [3.8, 4) is 11.5 Å². The number of amides is 1. The van der Waals surface area contributed by atoms with Crippen LogP contribution in [-0.2, 0) is 13.0 Å². The number of piperazine rings is 1. The standard InChI is InChI=1S/C26H28ClN3O3/c1-32-22-9-10-23(25(17-22)33-2)26(31)30-14-12-29(13-15-30)18-20-4-3-11-28-24(20)16-19-5-7-21(27)8-6-19/h3-11,17H,12-16,18H2,1-2H3. The highest BCUT2D eigenvalue weighted by Gasteiger charge is 2.25. The summed E-state index contributed by atoms with van der Waals surface area (Å²) in [6, 6.07) is 17.3. The fourth-order valence-corrected chi connectivity index (χ4v) is 4.19. The van der Waals surface area contributed by atoms with E-state index in [0.717, 1.165) is 36.8 Å². The molecule has 33 heavy (non-hydrogen) atoms. The quantitative estimate of drug-likeness (QED) is 0.520. The van der Waals surface area contributed by atoms with Gasteiger partial charge in [0.15, 0.2) is 0 Å². The lowest BCUT2D eigenvalue weighted by molar-refractivity contribution is 0.0624. The van der Waals surface area contributed by atoms with Gasteiger partial charge in [0.2, 0.25) is 0 Å². The van der Waals surface area contributed by atoms with Crippen molar-refractivity contribution in [2.75, 3.05) is 40.4 Å². The number of benzene rings is 2. The first-order valence-electron chi connectivity index (χ1n) is 11.0. The Morgan fingerprint density at radius 1 is 1.00 bits per heavy atom. The number of aromatic nitrogens is 1. The van der Waals surface area contributed by atoms with Gasteiger partial charge in [0.1, 0.15) is 11.5 Å². The molecule has 6 nitrogen and oxygen atoms in total. The van der Waals surface area contributed by atoms with Gasteiger partial charge in [0.25, 0.3) is 5.91 Å². The summed E-state index contributed by atoms with van der Waals surface area (Å²) in [5.41, 5.74) is 4.03. The molecule has 172 valence electrons. The number of halogens is 1. The molecule has 7 heteroatoms. The van der Waals surface area contributed by atoms with Gasteiger partial charge < -0.3 is 14.4 Å². The Bertz CT molecular complexity index is 1100. The van der Waals surface area contributed by atoms with Crippen molar-refractivity contribution in [1.29, 1.82) is 0 Å². The highest BCUT2D eigenvalue weighted by atomic mass is 35.5. The summed E-state index contributed by atoms with van der Waals surface area (Å²) in [7, 11) is 3.16. The molecule has 3 aromatic rings. The van der Waals surface area contributed by atoms with Gasteiger partial charge in [-0.05, 0) is 41.5 Å². The summed E-state index contributed by atoms with van der Waals surface area (Å²) >= 11 is 6.02. The smallest absolute Gasteiger partial charge is 0.257 e. The van der Waals surface area contributed by atoms with E-state index in [1.165, 1.54) is 11.1 Å². The zero-order valence-electron chi connectivity index (χ0n) is 19.0. The van der Waals surface area contributed by atoms with Crippen LogP contribution in [0.4, 0.5) is 0 Å². The van der Waals surface area contributed by atoms with E-state index in [-0.39, 0.29) is 5.91 Å². The SMILES string of the molecule is COc1ccc(C(=O)N2CCN(Cc3cccnc3Cc3ccc(Cl)cc3)CC2)c(OC)c1. The third-order valence-corrected chi connectivity index (χ3v) is 6.21. The fourth-order valence-electron chi connectivity index (χ4n) is 4.07. The number of carbonyl (C=O) groups is 1. The Morgan fingerprint density at radius 2 is 1.76 bits per heavy atom. The molecule has 0 unspecified atom stereocenters. The summed E-state index contributed by atoms with van der Waals surface area (Å²) in [5, 5.41) is 0.736. The molecule has 0 bridgehead atoms. The van der Waals surface area contributed by atoms with Crippen LogP contribution in [0.3, 0.4) is 0 Å². The number of hydrogen-bond donors (Lipinski definition) is 0. The van der Waals surface area contributed by atoms with Crippen molar-refractivity contribution in [2.45, 2.75) is 13.0 Å². The van der Waals surface area contributed by atoms with Crippen LogP contribution in [0.25, 0.3) is 0 Å². The topological polar surface area (TPSA) is 54.9 Å². The van der Waals surface area contributed by atoms with Crippen LogP contribution in [0.1, 0.15) is 27.2 Å². The van der Waals surface area contributed by atoms with Crippen molar-refractivity contribution in [3.05, 3.63) is 88.2 Å². The Labute approximate surface area is 199 Å². The molecule has 2 heterocycles. The monoisotopic (exact) mass is 465 g/mol. The Hall–Kier alpha value is -3.09. The van der Waals surface area contributed by atoms with Crippen LogP contribution >= 0.6 is 11.6 Å². The zero-order valence-corrected chi connectivity index (χ0v) is 19.7. The molecular weight excluding hydrogens is 438 g/mol. The largest absolute Gasteiger partial charge is 0.497 e. The Morgan fingerprint density at radius 3 is 2.45 bits per heavy atom. The summed E-state index contributed by atoms with van der Waals surface area (Å²) in [6.45, 7) is 3.76. The summed E-state index contributed by atoms with van der Waals surface area (Å²) in [4.78, 5) is 22.0. The maximum atomic E-state index is 13.1. The Kier molecular flexibility index (Phi) is 7.47. The van der Waals surface area contributed by atoms with Crippen LogP contribution in [0, 0.1) is 0 Å². The number of rotatable bonds is 7. The minimum Gasteiger partial charge on any atom is -0.497 e. The fraction of sp³-hybridized carbons (Fsp3) is 0.308. The van der Waals surface area contributed by atoms with Crippen molar-refractivity contribution >= 4 is 17.5 Å². The average Bonchev–Trinajstić information content (AvgIpc) is 2.86. The number of nitrogens with zero attached hydrogens (tertiary/aromatic N) is 3. The summed E-state index contributed by atoms with van der Waals surface area (Å²) in [5.74, 6) is 1.18. The molecule has 1 fully saturated rings. The minimum atomic E-state index is -0.0149. The van der Waals surface area contributed by atoms with Gasteiger partial charge in [0.05, 0.1) is 19.8 Å². The molecule has 0 spiro atoms. The predicted octanol–water partition coefficient (Wildman–Crippen LogP) is 4.30. The van der Waals surface area contributed by atoms with Gasteiger partial charge in [0, 0.05) is 62.1 Å². The molecule has 4 rings (SSSR count). The van der Waals surface area contributed by atoms with Gasteiger partial charge in [-0.2, -0.15) is 0 Å². The van der Waals surface area contributed by atoms with E-state index in [1.54, 1.807) is 32.4 Å². The first-order chi connectivity index (χ1) is 16.1. The average molecular weight is 466 g/mol. The van der Waals surface area contributed by atoms with Crippen LogP contribution in [0.15, 0.2) is 60.8 Å². The number of ether oxygens (including phenoxy) is 2. The second kappa shape index (κ2) is 10.7. The molecule has 1 aliphatic heterocycles. The highest BCUT2D eigenvalue weighted by molar-refractivity contribution is 6.30. The predicted molar refractivity (Wildman–Crippen MR) is 129 cm³/mol. The van der Waals surface area contributed by atoms with Crippen LogP contribution in [-0.4, -0.2) is 61.1 Å². The van der Waals surface area contributed by atoms with E-state index in [1.807, 2.05) is 41.4 Å². The third kappa shape index (κ3) is 5.64. The van der Waals surface area contributed by atoms with Crippen LogP contribution in [0.5, 0.6) is 11.5 Å². The normalized spacial score (nSPS) is 14.2. The molecule has 1 saturated heterocycles. The number of carbonyl (C=O) groups excluding carboxylic acids is 1. The van der Waals surface area contributed by atoms with E-state index in [9.17, 15) is 4.79 Å². The van der Waals surface area contributed by atoms with Gasteiger partial charge in [-0.3, -0.25) is 14.7 Å². The van der Waals surface area contributed by atoms with Crippen molar-refractivity contribution in [3.63, 3.8) is 0 Å². The Balaban J connectivity index is 1.38. The molecule has 1 aromatic heterocycles. The number of methoxy groups -OCH3 is 2. The zero-order chi connectivity index (χ0) is 23.2. The molecule has 0 saturated carbocycles. The van der Waals surface area contributed by atoms with Crippen molar-refractivity contribution in [1.82, 2.24) is 14.8 Å². The van der Waals surface area contributed by atoms with Crippen LogP contribution < -0.4 is 9.47 Å². The molecule has 2 aromatic carbocycles. The first-order valence-corrected chi connectivity index (χ1v) is 11.4. The summed E-state index contributed by atoms with van der Waals surface area (Å²) < 4.78 is 10.7. The molecule has 1 amide bonds. The van der Waals surface area contributed by atoms with Gasteiger partial charge in [-0.25, -0.2) is 0 Å². The molecule has 1 aliphatic rings.